The molecule has 0 spiro atoms. The van der Waals surface area contributed by atoms with Gasteiger partial charge in [0.05, 0.1) is 35.4 Å². The molecule has 0 atom stereocenters. The highest BCUT2D eigenvalue weighted by molar-refractivity contribution is 5.78. The summed E-state index contributed by atoms with van der Waals surface area (Å²) in [6.07, 6.45) is 4.84. The smallest absolute Gasteiger partial charge is 0.234 e. The second-order valence-corrected chi connectivity index (χ2v) is 5.65. The van der Waals surface area contributed by atoms with Crippen LogP contribution in [0.2, 0.25) is 0 Å². The Balaban J connectivity index is 1.82. The van der Waals surface area contributed by atoms with Crippen LogP contribution in [0.5, 0.6) is 0 Å². The Morgan fingerprint density at radius 2 is 1.92 bits per heavy atom. The maximum atomic E-state index is 9.34. The van der Waals surface area contributed by atoms with Gasteiger partial charge in [-0.1, -0.05) is 41.6 Å². The lowest BCUT2D eigenvalue weighted by molar-refractivity contribution is 0.321. The van der Waals surface area contributed by atoms with Crippen molar-refractivity contribution in [1.82, 2.24) is 14.4 Å². The summed E-state index contributed by atoms with van der Waals surface area (Å²) in [5, 5.41) is 21.0. The molecule has 0 aliphatic heterocycles. The molecule has 124 valence electrons. The summed E-state index contributed by atoms with van der Waals surface area (Å²) in [6.45, 7) is 0. The van der Waals surface area contributed by atoms with E-state index in [9.17, 15) is 5.26 Å². The van der Waals surface area contributed by atoms with Gasteiger partial charge in [-0.3, -0.25) is 4.40 Å². The zero-order valence-electron chi connectivity index (χ0n) is 13.6. The SMILES string of the molecule is N#Cc1ccccc1-c1cccc(-c2cnc3nc(C=NO)ccn23)c1. The Kier molecular flexibility index (Phi) is 3.88. The predicted octanol–water partition coefficient (Wildman–Crippen LogP) is 3.74. The van der Waals surface area contributed by atoms with Crippen molar-refractivity contribution < 1.29 is 5.21 Å². The topological polar surface area (TPSA) is 86.6 Å². The van der Waals surface area contributed by atoms with Crippen LogP contribution in [0.15, 0.2) is 72.1 Å². The fourth-order valence-electron chi connectivity index (χ4n) is 2.91. The van der Waals surface area contributed by atoms with Crippen molar-refractivity contribution in [1.29, 1.82) is 5.26 Å². The Bertz CT molecular complexity index is 1170. The Hall–Kier alpha value is -3.98. The second kappa shape index (κ2) is 6.49. The number of aromatic nitrogens is 3. The first-order valence-corrected chi connectivity index (χ1v) is 7.91. The van der Waals surface area contributed by atoms with Crippen LogP contribution in [0.25, 0.3) is 28.2 Å². The van der Waals surface area contributed by atoms with E-state index in [1.807, 2.05) is 59.1 Å². The molecule has 26 heavy (non-hydrogen) atoms. The van der Waals surface area contributed by atoms with Crippen LogP contribution in [0.3, 0.4) is 0 Å². The molecule has 2 heterocycles. The molecule has 0 unspecified atom stereocenters. The largest absolute Gasteiger partial charge is 0.411 e. The second-order valence-electron chi connectivity index (χ2n) is 5.65. The lowest BCUT2D eigenvalue weighted by Crippen LogP contribution is -1.95. The molecule has 0 aliphatic carbocycles. The van der Waals surface area contributed by atoms with Crippen LogP contribution in [0, 0.1) is 11.3 Å². The van der Waals surface area contributed by atoms with E-state index in [-0.39, 0.29) is 0 Å². The fourth-order valence-corrected chi connectivity index (χ4v) is 2.91. The number of rotatable bonds is 3. The lowest BCUT2D eigenvalue weighted by Gasteiger charge is -2.07. The van der Waals surface area contributed by atoms with Gasteiger partial charge in [0.25, 0.3) is 0 Å². The number of hydrogen-bond donors (Lipinski definition) is 1. The van der Waals surface area contributed by atoms with E-state index < -0.39 is 0 Å². The molecule has 0 saturated heterocycles. The first-order valence-electron chi connectivity index (χ1n) is 7.91. The van der Waals surface area contributed by atoms with Gasteiger partial charge in [-0.05, 0) is 29.3 Å². The summed E-state index contributed by atoms with van der Waals surface area (Å²) >= 11 is 0. The summed E-state index contributed by atoms with van der Waals surface area (Å²) in [5.74, 6) is 0.514. The standard InChI is InChI=1S/C20H13N5O/c21-11-16-4-1-2-7-18(16)14-5-3-6-15(10-14)19-13-22-20-24-17(12-23-26)8-9-25(19)20/h1-10,12-13,26H. The highest BCUT2D eigenvalue weighted by Crippen LogP contribution is 2.28. The van der Waals surface area contributed by atoms with Crippen molar-refractivity contribution in [2.24, 2.45) is 5.16 Å². The van der Waals surface area contributed by atoms with Gasteiger partial charge in [0.15, 0.2) is 0 Å². The summed E-state index contributed by atoms with van der Waals surface area (Å²) < 4.78 is 1.87. The van der Waals surface area contributed by atoms with E-state index in [4.69, 9.17) is 5.21 Å². The molecule has 0 amide bonds. The van der Waals surface area contributed by atoms with Crippen molar-refractivity contribution in [3.63, 3.8) is 0 Å². The van der Waals surface area contributed by atoms with Gasteiger partial charge < -0.3 is 5.21 Å². The lowest BCUT2D eigenvalue weighted by atomic mass is 9.98. The van der Waals surface area contributed by atoms with Crippen LogP contribution in [0.1, 0.15) is 11.3 Å². The maximum Gasteiger partial charge on any atom is 0.234 e. The molecule has 4 aromatic rings. The van der Waals surface area contributed by atoms with E-state index in [0.29, 0.717) is 17.0 Å². The van der Waals surface area contributed by atoms with Crippen LogP contribution < -0.4 is 0 Å². The third kappa shape index (κ3) is 2.68. The van der Waals surface area contributed by atoms with Crippen molar-refractivity contribution in [3.8, 4) is 28.5 Å². The first-order chi connectivity index (χ1) is 12.8. The van der Waals surface area contributed by atoms with Gasteiger partial charge in [0.2, 0.25) is 5.78 Å². The monoisotopic (exact) mass is 339 g/mol. The van der Waals surface area contributed by atoms with Crippen LogP contribution in [-0.4, -0.2) is 25.8 Å². The third-order valence-electron chi connectivity index (χ3n) is 4.11. The maximum absolute atomic E-state index is 9.34. The summed E-state index contributed by atoms with van der Waals surface area (Å²) in [4.78, 5) is 8.65. The molecule has 6 heteroatoms. The molecule has 0 aliphatic rings. The number of nitrogens with zero attached hydrogens (tertiary/aromatic N) is 5. The van der Waals surface area contributed by atoms with Crippen LogP contribution >= 0.6 is 0 Å². The van der Waals surface area contributed by atoms with Crippen LogP contribution in [-0.2, 0) is 0 Å². The first kappa shape index (κ1) is 15.5. The molecule has 0 saturated carbocycles. The van der Waals surface area contributed by atoms with Crippen molar-refractivity contribution in [2.45, 2.75) is 0 Å². The zero-order chi connectivity index (χ0) is 17.9. The quantitative estimate of drug-likeness (QED) is 0.350. The average molecular weight is 339 g/mol. The van der Waals surface area contributed by atoms with Gasteiger partial charge >= 0.3 is 0 Å². The Morgan fingerprint density at radius 1 is 1.08 bits per heavy atom. The molecule has 6 nitrogen and oxygen atoms in total. The number of nitriles is 1. The highest BCUT2D eigenvalue weighted by atomic mass is 16.4. The van der Waals surface area contributed by atoms with Gasteiger partial charge in [0, 0.05) is 11.8 Å². The van der Waals surface area contributed by atoms with Crippen LogP contribution in [0.4, 0.5) is 0 Å². The van der Waals surface area contributed by atoms with Crippen molar-refractivity contribution >= 4 is 12.0 Å². The number of oxime groups is 1. The molecule has 1 N–H and O–H groups in total. The average Bonchev–Trinajstić information content (AvgIpc) is 3.11. The van der Waals surface area contributed by atoms with Gasteiger partial charge in [-0.15, -0.1) is 0 Å². The minimum absolute atomic E-state index is 0.514. The molecule has 0 radical (unpaired) electrons. The van der Waals surface area contributed by atoms with Crippen molar-refractivity contribution in [3.05, 3.63) is 78.2 Å². The van der Waals surface area contributed by atoms with Gasteiger partial charge in [-0.25, -0.2) is 9.97 Å². The summed E-state index contributed by atoms with van der Waals surface area (Å²) in [5.41, 5.74) is 4.87. The van der Waals surface area contributed by atoms with Crippen molar-refractivity contribution in [2.75, 3.05) is 0 Å². The van der Waals surface area contributed by atoms with E-state index in [0.717, 1.165) is 22.4 Å². The zero-order valence-corrected chi connectivity index (χ0v) is 13.6. The summed E-state index contributed by atoms with van der Waals surface area (Å²) in [6, 6.07) is 19.5. The Morgan fingerprint density at radius 3 is 2.77 bits per heavy atom. The van der Waals surface area contributed by atoms with E-state index in [1.165, 1.54) is 6.21 Å². The fraction of sp³-hybridized carbons (Fsp3) is 0. The van der Waals surface area contributed by atoms with Gasteiger partial charge in [-0.2, -0.15) is 5.26 Å². The number of benzene rings is 2. The van der Waals surface area contributed by atoms with Gasteiger partial charge in [0.1, 0.15) is 0 Å². The normalized spacial score (nSPS) is 11.0. The minimum atomic E-state index is 0.514. The molecule has 0 bridgehead atoms. The molecule has 0 fully saturated rings. The molecular formula is C20H13N5O. The molecule has 4 rings (SSSR count). The molecular weight excluding hydrogens is 326 g/mol. The number of fused-ring (bicyclic) bond motifs is 1. The molecule has 2 aromatic carbocycles. The van der Waals surface area contributed by atoms with E-state index in [1.54, 1.807) is 12.3 Å². The van der Waals surface area contributed by atoms with E-state index >= 15 is 0 Å². The number of hydrogen-bond acceptors (Lipinski definition) is 5. The molecule has 2 aromatic heterocycles. The summed E-state index contributed by atoms with van der Waals surface area (Å²) in [7, 11) is 0. The number of imidazole rings is 1. The highest BCUT2D eigenvalue weighted by Gasteiger charge is 2.10. The third-order valence-corrected chi connectivity index (χ3v) is 4.11. The predicted molar refractivity (Wildman–Crippen MR) is 98.0 cm³/mol. The minimum Gasteiger partial charge on any atom is -0.411 e. The van der Waals surface area contributed by atoms with E-state index in [2.05, 4.69) is 21.2 Å². The Labute approximate surface area is 149 Å².